The van der Waals surface area contributed by atoms with Gasteiger partial charge in [-0.2, -0.15) is 10.2 Å². The van der Waals surface area contributed by atoms with Crippen LogP contribution in [0.4, 0.5) is 0 Å². The molecule has 0 aromatic carbocycles. The van der Waals surface area contributed by atoms with Crippen molar-refractivity contribution in [1.29, 1.82) is 0 Å². The Morgan fingerprint density at radius 3 is 2.89 bits per heavy atom. The monoisotopic (exact) mass is 325 g/mol. The molecule has 0 saturated heterocycles. The molecule has 0 fully saturated rings. The molecule has 0 amide bonds. The molecule has 2 rings (SSSR count). The van der Waals surface area contributed by atoms with Gasteiger partial charge in [0.1, 0.15) is 0 Å². The van der Waals surface area contributed by atoms with Crippen molar-refractivity contribution in [2.24, 2.45) is 0 Å². The van der Waals surface area contributed by atoms with Crippen LogP contribution in [0.25, 0.3) is 0 Å². The van der Waals surface area contributed by atoms with Gasteiger partial charge in [-0.05, 0) is 42.8 Å². The van der Waals surface area contributed by atoms with Crippen LogP contribution in [0.1, 0.15) is 25.2 Å². The number of nitrogens with zero attached hydrogens (tertiary/aromatic N) is 4. The molecule has 0 saturated carbocycles. The number of nitrogens with one attached hydrogen (secondary N) is 1. The third kappa shape index (κ3) is 3.45. The average Bonchev–Trinajstić information content (AvgIpc) is 2.97. The molecule has 0 aliphatic heterocycles. The first-order valence-electron chi connectivity index (χ1n) is 6.54. The summed E-state index contributed by atoms with van der Waals surface area (Å²) in [5, 5.41) is 12.2. The third-order valence-electron chi connectivity index (χ3n) is 3.09. The van der Waals surface area contributed by atoms with Crippen LogP contribution in [0, 0.1) is 6.92 Å². The Hall–Kier alpha value is -1.14. The zero-order chi connectivity index (χ0) is 13.8. The van der Waals surface area contributed by atoms with E-state index < -0.39 is 0 Å². The van der Waals surface area contributed by atoms with Crippen molar-refractivity contribution >= 4 is 15.9 Å². The van der Waals surface area contributed by atoms with Gasteiger partial charge in [-0.15, -0.1) is 0 Å². The zero-order valence-corrected chi connectivity index (χ0v) is 13.2. The molecule has 1 N–H and O–H groups in total. The lowest BCUT2D eigenvalue weighted by Crippen LogP contribution is -2.31. The molecule has 2 aromatic rings. The fraction of sp³-hybridized carbons (Fsp3) is 0.538. The minimum absolute atomic E-state index is 0.354. The molecule has 0 bridgehead atoms. The van der Waals surface area contributed by atoms with Crippen molar-refractivity contribution in [3.05, 3.63) is 34.3 Å². The Labute approximate surface area is 122 Å². The van der Waals surface area contributed by atoms with E-state index in [0.717, 1.165) is 29.8 Å². The van der Waals surface area contributed by atoms with E-state index in [1.54, 1.807) is 6.20 Å². The van der Waals surface area contributed by atoms with Crippen LogP contribution >= 0.6 is 15.9 Å². The molecule has 1 atom stereocenters. The minimum atomic E-state index is 0.354. The molecule has 0 aliphatic carbocycles. The van der Waals surface area contributed by atoms with Gasteiger partial charge >= 0.3 is 0 Å². The van der Waals surface area contributed by atoms with E-state index in [-0.39, 0.29) is 0 Å². The summed E-state index contributed by atoms with van der Waals surface area (Å²) in [7, 11) is 0. The van der Waals surface area contributed by atoms with E-state index in [2.05, 4.69) is 45.3 Å². The number of aryl methyl sites for hydroxylation is 2. The Morgan fingerprint density at radius 1 is 1.47 bits per heavy atom. The van der Waals surface area contributed by atoms with Crippen LogP contribution in [0.2, 0.25) is 0 Å². The van der Waals surface area contributed by atoms with Gasteiger partial charge in [0, 0.05) is 31.5 Å². The SMILES string of the molecule is CCn1nc(C)c(Br)c1CNC(C)Cn1cccn1. The summed E-state index contributed by atoms with van der Waals surface area (Å²) in [6.45, 7) is 8.84. The Balaban J connectivity index is 1.95. The van der Waals surface area contributed by atoms with Gasteiger partial charge in [0.2, 0.25) is 0 Å². The molecule has 1 unspecified atom stereocenters. The van der Waals surface area contributed by atoms with Crippen molar-refractivity contribution in [3.63, 3.8) is 0 Å². The minimum Gasteiger partial charge on any atom is -0.307 e. The predicted molar refractivity (Wildman–Crippen MR) is 78.9 cm³/mol. The van der Waals surface area contributed by atoms with Crippen LogP contribution in [-0.4, -0.2) is 25.6 Å². The number of hydrogen-bond acceptors (Lipinski definition) is 3. The number of hydrogen-bond donors (Lipinski definition) is 1. The van der Waals surface area contributed by atoms with Crippen LogP contribution in [0.15, 0.2) is 22.9 Å². The smallest absolute Gasteiger partial charge is 0.0739 e. The highest BCUT2D eigenvalue weighted by molar-refractivity contribution is 9.10. The molecule has 5 nitrogen and oxygen atoms in total. The molecule has 2 aromatic heterocycles. The maximum Gasteiger partial charge on any atom is 0.0739 e. The fourth-order valence-electron chi connectivity index (χ4n) is 2.06. The quantitative estimate of drug-likeness (QED) is 0.886. The Morgan fingerprint density at radius 2 is 2.26 bits per heavy atom. The largest absolute Gasteiger partial charge is 0.307 e. The van der Waals surface area contributed by atoms with Gasteiger partial charge in [-0.1, -0.05) is 0 Å². The van der Waals surface area contributed by atoms with Gasteiger partial charge in [-0.25, -0.2) is 0 Å². The number of rotatable bonds is 6. The van der Waals surface area contributed by atoms with E-state index in [9.17, 15) is 0 Å². The first-order chi connectivity index (χ1) is 9.11. The molecule has 19 heavy (non-hydrogen) atoms. The molecule has 6 heteroatoms. The molecule has 2 heterocycles. The lowest BCUT2D eigenvalue weighted by Gasteiger charge is -2.14. The van der Waals surface area contributed by atoms with Gasteiger partial charge in [-0.3, -0.25) is 9.36 Å². The van der Waals surface area contributed by atoms with Crippen molar-refractivity contribution in [2.75, 3.05) is 0 Å². The van der Waals surface area contributed by atoms with Crippen LogP contribution in [0.3, 0.4) is 0 Å². The van der Waals surface area contributed by atoms with Gasteiger partial charge in [0.05, 0.1) is 22.4 Å². The van der Waals surface area contributed by atoms with E-state index >= 15 is 0 Å². The summed E-state index contributed by atoms with van der Waals surface area (Å²) in [4.78, 5) is 0. The van der Waals surface area contributed by atoms with Crippen molar-refractivity contribution in [2.45, 2.75) is 46.4 Å². The van der Waals surface area contributed by atoms with E-state index in [1.165, 1.54) is 5.69 Å². The summed E-state index contributed by atoms with van der Waals surface area (Å²) in [6.07, 6.45) is 3.79. The van der Waals surface area contributed by atoms with Gasteiger partial charge < -0.3 is 5.32 Å². The van der Waals surface area contributed by atoms with Gasteiger partial charge in [0.25, 0.3) is 0 Å². The summed E-state index contributed by atoms with van der Waals surface area (Å²) in [6, 6.07) is 2.30. The topological polar surface area (TPSA) is 47.7 Å². The van der Waals surface area contributed by atoms with Crippen LogP contribution < -0.4 is 5.32 Å². The summed E-state index contributed by atoms with van der Waals surface area (Å²) >= 11 is 3.61. The zero-order valence-electron chi connectivity index (χ0n) is 11.6. The van der Waals surface area contributed by atoms with Crippen LogP contribution in [0.5, 0.6) is 0 Å². The van der Waals surface area contributed by atoms with Gasteiger partial charge in [0.15, 0.2) is 0 Å². The maximum atomic E-state index is 4.49. The summed E-state index contributed by atoms with van der Waals surface area (Å²) in [5.74, 6) is 0. The number of aromatic nitrogens is 4. The highest BCUT2D eigenvalue weighted by atomic mass is 79.9. The molecule has 0 radical (unpaired) electrons. The number of halogens is 1. The average molecular weight is 326 g/mol. The van der Waals surface area contributed by atoms with Crippen molar-refractivity contribution in [3.8, 4) is 0 Å². The lowest BCUT2D eigenvalue weighted by molar-refractivity contribution is 0.440. The molecule has 0 aliphatic rings. The molecule has 104 valence electrons. The molecular formula is C13H20BrN5. The highest BCUT2D eigenvalue weighted by Crippen LogP contribution is 2.20. The predicted octanol–water partition coefficient (Wildman–Crippen LogP) is 2.35. The third-order valence-corrected chi connectivity index (χ3v) is 4.12. The van der Waals surface area contributed by atoms with Crippen molar-refractivity contribution < 1.29 is 0 Å². The fourth-order valence-corrected chi connectivity index (χ4v) is 2.49. The van der Waals surface area contributed by atoms with Crippen LogP contribution in [-0.2, 0) is 19.6 Å². The summed E-state index contributed by atoms with van der Waals surface area (Å²) in [5.41, 5.74) is 2.24. The van der Waals surface area contributed by atoms with Crippen molar-refractivity contribution in [1.82, 2.24) is 24.9 Å². The lowest BCUT2D eigenvalue weighted by atomic mass is 10.3. The molecular weight excluding hydrogens is 306 g/mol. The first kappa shape index (κ1) is 14.3. The second kappa shape index (κ2) is 6.34. The Kier molecular flexibility index (Phi) is 4.76. The normalized spacial score (nSPS) is 12.8. The first-order valence-corrected chi connectivity index (χ1v) is 7.33. The molecule has 0 spiro atoms. The Bertz CT molecular complexity index is 517. The standard InChI is InChI=1S/C13H20BrN5/c1-4-19-12(13(14)11(3)17-19)8-15-10(2)9-18-7-5-6-16-18/h5-7,10,15H,4,8-9H2,1-3H3. The second-order valence-electron chi connectivity index (χ2n) is 4.67. The summed E-state index contributed by atoms with van der Waals surface area (Å²) < 4.78 is 5.08. The van der Waals surface area contributed by atoms with E-state index in [4.69, 9.17) is 0 Å². The highest BCUT2D eigenvalue weighted by Gasteiger charge is 2.12. The van der Waals surface area contributed by atoms with E-state index in [0.29, 0.717) is 6.04 Å². The second-order valence-corrected chi connectivity index (χ2v) is 5.46. The van der Waals surface area contributed by atoms with E-state index in [1.807, 2.05) is 28.6 Å². The maximum absolute atomic E-state index is 4.49.